The maximum atomic E-state index is 11.3. The minimum atomic E-state index is 0.307. The third-order valence-corrected chi connectivity index (χ3v) is 2.11. The van der Waals surface area contributed by atoms with Crippen LogP contribution in [0.1, 0.15) is 11.3 Å². The van der Waals surface area contributed by atoms with Crippen molar-refractivity contribution in [2.75, 3.05) is 0 Å². The van der Waals surface area contributed by atoms with Crippen LogP contribution in [0.15, 0.2) is 48.9 Å². The van der Waals surface area contributed by atoms with Gasteiger partial charge in [-0.15, -0.1) is 0 Å². The lowest BCUT2D eigenvalue weighted by Crippen LogP contribution is -2.15. The Morgan fingerprint density at radius 3 is 2.69 bits per heavy atom. The molecule has 1 heterocycles. The first-order valence-corrected chi connectivity index (χ1v) is 4.81. The van der Waals surface area contributed by atoms with Crippen LogP contribution in [-0.2, 0) is 0 Å². The zero-order valence-electron chi connectivity index (χ0n) is 8.48. The Hall–Kier alpha value is -2.36. The van der Waals surface area contributed by atoms with E-state index in [0.717, 1.165) is 11.8 Å². The summed E-state index contributed by atoms with van der Waals surface area (Å²) in [6.07, 6.45) is 6.96. The highest BCUT2D eigenvalue weighted by Crippen LogP contribution is 2.05. The topological polar surface area (TPSA) is 51.0 Å². The van der Waals surface area contributed by atoms with E-state index in [1.165, 1.54) is 12.4 Å². The predicted octanol–water partition coefficient (Wildman–Crippen LogP) is 1.92. The van der Waals surface area contributed by atoms with Gasteiger partial charge in [0.2, 0.25) is 6.20 Å². The van der Waals surface area contributed by atoms with E-state index in [4.69, 9.17) is 0 Å². The zero-order valence-corrected chi connectivity index (χ0v) is 8.48. The molecule has 0 amide bonds. The van der Waals surface area contributed by atoms with Crippen molar-refractivity contribution in [1.29, 1.82) is 0 Å². The van der Waals surface area contributed by atoms with Gasteiger partial charge < -0.3 is 9.94 Å². The van der Waals surface area contributed by atoms with Crippen LogP contribution in [0.5, 0.6) is 0 Å². The standard InChI is InChI=1S/C12H10N2O2/c15-13-8-9-14(16)12(10-13)7-6-11-4-2-1-3-5-11/h1-10H/b7-6+. The molecule has 0 radical (unpaired) electrons. The molecule has 1 aromatic carbocycles. The van der Waals surface area contributed by atoms with Gasteiger partial charge in [0, 0.05) is 4.91 Å². The Morgan fingerprint density at radius 2 is 1.94 bits per heavy atom. The first kappa shape index (κ1) is 10.2. The number of nitrogens with zero attached hydrogens (tertiary/aromatic N) is 2. The van der Waals surface area contributed by atoms with Gasteiger partial charge in [-0.2, -0.15) is 0 Å². The first-order chi connectivity index (χ1) is 7.75. The Balaban J connectivity index is 2.31. The van der Waals surface area contributed by atoms with Crippen molar-refractivity contribution in [3.8, 4) is 0 Å². The van der Waals surface area contributed by atoms with Gasteiger partial charge in [0.1, 0.15) is 5.69 Å². The molecule has 0 fully saturated rings. The Bertz CT molecular complexity index is 559. The third-order valence-electron chi connectivity index (χ3n) is 2.11. The monoisotopic (exact) mass is 214 g/mol. The van der Waals surface area contributed by atoms with Gasteiger partial charge in [-0.3, -0.25) is 0 Å². The van der Waals surface area contributed by atoms with E-state index in [-0.39, 0.29) is 0 Å². The van der Waals surface area contributed by atoms with Crippen LogP contribution in [0.25, 0.3) is 12.2 Å². The molecular formula is C12H10N2O2. The number of benzene rings is 1. The van der Waals surface area contributed by atoms with Crippen molar-refractivity contribution in [2.45, 2.75) is 0 Å². The molecule has 4 heteroatoms. The minimum Gasteiger partial charge on any atom is -0.805 e. The van der Waals surface area contributed by atoms with Crippen molar-refractivity contribution in [3.05, 3.63) is 70.3 Å². The third kappa shape index (κ3) is 2.36. The molecule has 0 aliphatic rings. The van der Waals surface area contributed by atoms with Crippen LogP contribution < -0.4 is 4.43 Å². The molecule has 0 aliphatic carbocycles. The maximum absolute atomic E-state index is 11.3. The molecule has 1 aromatic heterocycles. The van der Waals surface area contributed by atoms with Crippen molar-refractivity contribution >= 4 is 12.2 Å². The molecule has 0 spiro atoms. The number of rotatable bonds is 2. The van der Waals surface area contributed by atoms with Crippen LogP contribution in [-0.4, -0.2) is 4.73 Å². The van der Waals surface area contributed by atoms with Gasteiger partial charge in [-0.05, 0) is 11.6 Å². The summed E-state index contributed by atoms with van der Waals surface area (Å²) in [5.41, 5.74) is 1.28. The molecule has 0 saturated heterocycles. The van der Waals surface area contributed by atoms with Gasteiger partial charge in [0.25, 0.3) is 6.20 Å². The second-order valence-corrected chi connectivity index (χ2v) is 3.28. The van der Waals surface area contributed by atoms with Crippen LogP contribution >= 0.6 is 0 Å². The highest BCUT2D eigenvalue weighted by Gasteiger charge is 1.96. The predicted molar refractivity (Wildman–Crippen MR) is 61.9 cm³/mol. The maximum Gasteiger partial charge on any atom is 0.251 e. The fourth-order valence-electron chi connectivity index (χ4n) is 1.30. The molecule has 0 saturated carbocycles. The average Bonchev–Trinajstić information content (AvgIpc) is 2.32. The fraction of sp³-hybridized carbons (Fsp3) is 0. The van der Waals surface area contributed by atoms with Crippen molar-refractivity contribution in [1.82, 2.24) is 4.73 Å². The summed E-state index contributed by atoms with van der Waals surface area (Å²) in [7, 11) is 0. The molecule has 16 heavy (non-hydrogen) atoms. The zero-order chi connectivity index (χ0) is 11.4. The van der Waals surface area contributed by atoms with E-state index in [1.807, 2.05) is 30.3 Å². The quantitative estimate of drug-likeness (QED) is 0.717. The second kappa shape index (κ2) is 4.44. The number of aromatic nitrogens is 2. The summed E-state index contributed by atoms with van der Waals surface area (Å²) in [6.45, 7) is 0. The normalized spacial score (nSPS) is 10.8. The summed E-state index contributed by atoms with van der Waals surface area (Å²) in [4.78, 5) is 11.0. The summed E-state index contributed by atoms with van der Waals surface area (Å²) >= 11 is 0. The van der Waals surface area contributed by atoms with E-state index < -0.39 is 0 Å². The molecule has 4 nitrogen and oxygen atoms in total. The van der Waals surface area contributed by atoms with Crippen LogP contribution in [0.4, 0.5) is 0 Å². The Kier molecular flexibility index (Phi) is 2.82. The van der Waals surface area contributed by atoms with E-state index in [1.54, 1.807) is 12.2 Å². The largest absolute Gasteiger partial charge is 0.805 e. The van der Waals surface area contributed by atoms with Crippen molar-refractivity contribution in [2.24, 2.45) is 0 Å². The van der Waals surface area contributed by atoms with Gasteiger partial charge in [-0.25, -0.2) is 0 Å². The molecule has 0 atom stereocenters. The number of hydrogen-bond donors (Lipinski definition) is 0. The highest BCUT2D eigenvalue weighted by atomic mass is 16.5. The summed E-state index contributed by atoms with van der Waals surface area (Å²) < 4.78 is 1.24. The summed E-state index contributed by atoms with van der Waals surface area (Å²) in [5.74, 6) is 0. The number of hydrogen-bond acceptors (Lipinski definition) is 2. The summed E-state index contributed by atoms with van der Waals surface area (Å²) in [6, 6.07) is 9.56. The van der Waals surface area contributed by atoms with Gasteiger partial charge >= 0.3 is 0 Å². The van der Waals surface area contributed by atoms with Crippen LogP contribution in [0.3, 0.4) is 0 Å². The molecule has 0 N–H and O–H groups in total. The van der Waals surface area contributed by atoms with Crippen molar-refractivity contribution < 1.29 is 4.43 Å². The molecule has 0 unspecified atom stereocenters. The fourth-order valence-corrected chi connectivity index (χ4v) is 1.30. The molecular weight excluding hydrogens is 204 g/mol. The van der Waals surface area contributed by atoms with Crippen LogP contribution in [0, 0.1) is 10.1 Å². The second-order valence-electron chi connectivity index (χ2n) is 3.28. The molecule has 2 rings (SSSR count). The van der Waals surface area contributed by atoms with E-state index in [2.05, 4.69) is 0 Å². The van der Waals surface area contributed by atoms with E-state index in [0.29, 0.717) is 14.9 Å². The van der Waals surface area contributed by atoms with E-state index in [9.17, 15) is 10.1 Å². The minimum absolute atomic E-state index is 0.307. The smallest absolute Gasteiger partial charge is 0.251 e. The van der Waals surface area contributed by atoms with Crippen LogP contribution in [0.2, 0.25) is 0 Å². The SMILES string of the molecule is O=[n+]1ccn([O-])c(/C=C/c2ccccc2)c1. The van der Waals surface area contributed by atoms with E-state index >= 15 is 0 Å². The van der Waals surface area contributed by atoms with Gasteiger partial charge in [0.15, 0.2) is 0 Å². The average molecular weight is 214 g/mol. The lowest BCUT2D eigenvalue weighted by atomic mass is 10.2. The Morgan fingerprint density at radius 1 is 1.19 bits per heavy atom. The summed E-state index contributed by atoms with van der Waals surface area (Å²) in [5, 5.41) is 11.3. The van der Waals surface area contributed by atoms with Crippen molar-refractivity contribution in [3.63, 3.8) is 0 Å². The molecule has 0 aliphatic heterocycles. The highest BCUT2D eigenvalue weighted by molar-refractivity contribution is 5.67. The van der Waals surface area contributed by atoms with Gasteiger partial charge in [0.05, 0.1) is 10.6 Å². The molecule has 2 aromatic rings. The Labute approximate surface area is 92.3 Å². The lowest BCUT2D eigenvalue weighted by Gasteiger charge is -2.09. The molecule has 80 valence electrons. The van der Waals surface area contributed by atoms with Gasteiger partial charge in [-0.1, -0.05) is 36.4 Å². The lowest BCUT2D eigenvalue weighted by molar-refractivity contribution is -0.495. The molecule has 0 bridgehead atoms. The first-order valence-electron chi connectivity index (χ1n) is 4.81.